The van der Waals surface area contributed by atoms with Gasteiger partial charge < -0.3 is 4.90 Å². The van der Waals surface area contributed by atoms with Crippen molar-refractivity contribution in [2.75, 3.05) is 18.0 Å². The van der Waals surface area contributed by atoms with Crippen LogP contribution in [0.15, 0.2) is 48.5 Å². The lowest BCUT2D eigenvalue weighted by Crippen LogP contribution is -2.56. The molecule has 2 aromatic rings. The van der Waals surface area contributed by atoms with Crippen molar-refractivity contribution in [2.45, 2.75) is 32.5 Å². The molecule has 0 spiro atoms. The van der Waals surface area contributed by atoms with Gasteiger partial charge in [0.15, 0.2) is 0 Å². The van der Waals surface area contributed by atoms with E-state index >= 15 is 0 Å². The predicted octanol–water partition coefficient (Wildman–Crippen LogP) is 3.80. The topological polar surface area (TPSA) is 30.3 Å². The molecule has 1 fully saturated rings. The second-order valence-electron chi connectivity index (χ2n) is 6.54. The van der Waals surface area contributed by atoms with E-state index in [-0.39, 0.29) is 11.6 Å². The lowest BCUT2D eigenvalue weighted by molar-refractivity contribution is 0.158. The van der Waals surface area contributed by atoms with Crippen molar-refractivity contribution in [2.24, 2.45) is 0 Å². The zero-order valence-corrected chi connectivity index (χ0v) is 14.1. The molecule has 3 nitrogen and oxygen atoms in total. The third kappa shape index (κ3) is 3.42. The molecular formula is C20H22FN3. The Morgan fingerprint density at radius 2 is 1.83 bits per heavy atom. The summed E-state index contributed by atoms with van der Waals surface area (Å²) in [5.74, 6) is -0.443. The Morgan fingerprint density at radius 1 is 1.08 bits per heavy atom. The van der Waals surface area contributed by atoms with Crippen molar-refractivity contribution in [1.82, 2.24) is 4.90 Å². The maximum atomic E-state index is 13.9. The number of anilines is 1. The van der Waals surface area contributed by atoms with E-state index in [0.717, 1.165) is 25.3 Å². The fraction of sp³-hybridized carbons (Fsp3) is 0.350. The van der Waals surface area contributed by atoms with Crippen LogP contribution in [0.1, 0.15) is 25.0 Å². The molecule has 0 amide bonds. The van der Waals surface area contributed by atoms with E-state index in [9.17, 15) is 4.39 Å². The summed E-state index contributed by atoms with van der Waals surface area (Å²) in [5, 5.41) is 8.88. The molecule has 0 aliphatic carbocycles. The molecule has 24 heavy (non-hydrogen) atoms. The van der Waals surface area contributed by atoms with Crippen LogP contribution in [-0.2, 0) is 6.54 Å². The van der Waals surface area contributed by atoms with Gasteiger partial charge in [0, 0.05) is 37.4 Å². The number of hydrogen-bond acceptors (Lipinski definition) is 3. The van der Waals surface area contributed by atoms with Crippen LogP contribution in [0.5, 0.6) is 0 Å². The van der Waals surface area contributed by atoms with Gasteiger partial charge in [-0.1, -0.05) is 30.3 Å². The van der Waals surface area contributed by atoms with Crippen molar-refractivity contribution in [3.05, 3.63) is 65.5 Å². The summed E-state index contributed by atoms with van der Waals surface area (Å²) >= 11 is 0. The number of piperazine rings is 1. The molecule has 1 heterocycles. The van der Waals surface area contributed by atoms with Gasteiger partial charge in [0.25, 0.3) is 0 Å². The first-order valence-corrected chi connectivity index (χ1v) is 8.32. The van der Waals surface area contributed by atoms with Gasteiger partial charge in [-0.05, 0) is 37.6 Å². The summed E-state index contributed by atoms with van der Waals surface area (Å²) in [6.45, 7) is 7.08. The molecule has 2 aromatic carbocycles. The van der Waals surface area contributed by atoms with E-state index in [2.05, 4.69) is 47.9 Å². The Bertz CT molecular complexity index is 738. The molecule has 4 heteroatoms. The summed E-state index contributed by atoms with van der Waals surface area (Å²) in [7, 11) is 0. The Kier molecular flexibility index (Phi) is 4.82. The Balaban J connectivity index is 1.73. The SMILES string of the molecule is CC1CN(c2ccc(C#N)c(F)c2)[C@@H](C)CN1Cc1ccccc1. The monoisotopic (exact) mass is 323 g/mol. The third-order valence-electron chi connectivity index (χ3n) is 4.75. The van der Waals surface area contributed by atoms with Crippen molar-refractivity contribution in [3.8, 4) is 6.07 Å². The van der Waals surface area contributed by atoms with E-state index in [1.165, 1.54) is 11.6 Å². The molecule has 2 atom stereocenters. The van der Waals surface area contributed by atoms with Gasteiger partial charge in [-0.2, -0.15) is 5.26 Å². The molecule has 1 unspecified atom stereocenters. The summed E-state index contributed by atoms with van der Waals surface area (Å²) in [4.78, 5) is 4.70. The first kappa shape index (κ1) is 16.5. The highest BCUT2D eigenvalue weighted by Gasteiger charge is 2.29. The molecule has 0 bridgehead atoms. The number of hydrogen-bond donors (Lipinski definition) is 0. The number of benzene rings is 2. The smallest absolute Gasteiger partial charge is 0.143 e. The van der Waals surface area contributed by atoms with Crippen LogP contribution in [0.3, 0.4) is 0 Å². The first-order valence-electron chi connectivity index (χ1n) is 8.32. The second kappa shape index (κ2) is 7.02. The first-order chi connectivity index (χ1) is 11.6. The van der Waals surface area contributed by atoms with Crippen LogP contribution in [0.25, 0.3) is 0 Å². The maximum absolute atomic E-state index is 13.9. The van der Waals surface area contributed by atoms with Crippen LogP contribution in [0.4, 0.5) is 10.1 Å². The molecule has 0 saturated carbocycles. The fourth-order valence-electron chi connectivity index (χ4n) is 3.37. The van der Waals surface area contributed by atoms with Gasteiger partial charge in [-0.3, -0.25) is 4.90 Å². The van der Waals surface area contributed by atoms with Crippen molar-refractivity contribution in [3.63, 3.8) is 0 Å². The molecule has 0 N–H and O–H groups in total. The minimum absolute atomic E-state index is 0.0992. The van der Waals surface area contributed by atoms with Crippen LogP contribution >= 0.6 is 0 Å². The van der Waals surface area contributed by atoms with Crippen LogP contribution in [0, 0.1) is 17.1 Å². The zero-order valence-electron chi connectivity index (χ0n) is 14.1. The summed E-state index contributed by atoms with van der Waals surface area (Å²) in [6.07, 6.45) is 0. The van der Waals surface area contributed by atoms with Gasteiger partial charge in [0.2, 0.25) is 0 Å². The quantitative estimate of drug-likeness (QED) is 0.861. The van der Waals surface area contributed by atoms with Gasteiger partial charge in [-0.15, -0.1) is 0 Å². The Hall–Kier alpha value is -2.38. The summed E-state index contributed by atoms with van der Waals surface area (Å²) in [6, 6.07) is 17.9. The molecule has 124 valence electrons. The van der Waals surface area contributed by atoms with Crippen LogP contribution in [-0.4, -0.2) is 30.1 Å². The molecule has 0 aromatic heterocycles. The van der Waals surface area contributed by atoms with E-state index in [0.29, 0.717) is 6.04 Å². The second-order valence-corrected chi connectivity index (χ2v) is 6.54. The van der Waals surface area contributed by atoms with Crippen molar-refractivity contribution >= 4 is 5.69 Å². The number of nitriles is 1. The van der Waals surface area contributed by atoms with E-state index in [1.807, 2.05) is 18.2 Å². The van der Waals surface area contributed by atoms with Crippen molar-refractivity contribution < 1.29 is 4.39 Å². The minimum Gasteiger partial charge on any atom is -0.366 e. The number of rotatable bonds is 3. The number of nitrogens with zero attached hydrogens (tertiary/aromatic N) is 3. The number of halogens is 1. The van der Waals surface area contributed by atoms with Gasteiger partial charge in [-0.25, -0.2) is 4.39 Å². The Morgan fingerprint density at radius 3 is 2.50 bits per heavy atom. The van der Waals surface area contributed by atoms with Gasteiger partial charge in [0.1, 0.15) is 11.9 Å². The molecule has 1 saturated heterocycles. The van der Waals surface area contributed by atoms with E-state index in [4.69, 9.17) is 5.26 Å². The van der Waals surface area contributed by atoms with Crippen molar-refractivity contribution in [1.29, 1.82) is 5.26 Å². The standard InChI is InChI=1S/C20H22FN3/c1-15-13-24(19-9-8-18(11-22)20(21)10-19)16(2)12-23(15)14-17-6-4-3-5-7-17/h3-10,15-16H,12-14H2,1-2H3/t15?,16-/m0/s1. The molecular weight excluding hydrogens is 301 g/mol. The molecule has 0 radical (unpaired) electrons. The minimum atomic E-state index is -0.443. The average Bonchev–Trinajstić information content (AvgIpc) is 2.58. The highest BCUT2D eigenvalue weighted by Crippen LogP contribution is 2.26. The van der Waals surface area contributed by atoms with Crippen LogP contribution in [0.2, 0.25) is 0 Å². The lowest BCUT2D eigenvalue weighted by atomic mass is 10.0. The highest BCUT2D eigenvalue weighted by atomic mass is 19.1. The van der Waals surface area contributed by atoms with E-state index in [1.54, 1.807) is 6.07 Å². The molecule has 1 aliphatic heterocycles. The highest BCUT2D eigenvalue weighted by molar-refractivity contribution is 5.52. The largest absolute Gasteiger partial charge is 0.366 e. The normalized spacial score (nSPS) is 21.5. The lowest BCUT2D eigenvalue weighted by Gasteiger charge is -2.45. The predicted molar refractivity (Wildman–Crippen MR) is 94.2 cm³/mol. The third-order valence-corrected chi connectivity index (χ3v) is 4.75. The van der Waals surface area contributed by atoms with Crippen LogP contribution < -0.4 is 4.90 Å². The van der Waals surface area contributed by atoms with Gasteiger partial charge >= 0.3 is 0 Å². The molecule has 3 rings (SSSR count). The summed E-state index contributed by atoms with van der Waals surface area (Å²) in [5.41, 5.74) is 2.27. The fourth-order valence-corrected chi connectivity index (χ4v) is 3.37. The molecule has 1 aliphatic rings. The average molecular weight is 323 g/mol. The zero-order chi connectivity index (χ0) is 17.1. The van der Waals surface area contributed by atoms with Gasteiger partial charge in [0.05, 0.1) is 5.56 Å². The van der Waals surface area contributed by atoms with E-state index < -0.39 is 5.82 Å². The summed E-state index contributed by atoms with van der Waals surface area (Å²) < 4.78 is 13.9. The maximum Gasteiger partial charge on any atom is 0.143 e. The Labute approximate surface area is 142 Å².